The molecule has 4 aromatic rings. The first kappa shape index (κ1) is 23.1. The van der Waals surface area contributed by atoms with Gasteiger partial charge in [-0.1, -0.05) is 35.9 Å². The van der Waals surface area contributed by atoms with Gasteiger partial charge in [-0.05, 0) is 48.5 Å². The first-order valence-electron chi connectivity index (χ1n) is 9.91. The van der Waals surface area contributed by atoms with Crippen molar-refractivity contribution in [3.05, 3.63) is 95.3 Å². The normalized spacial score (nSPS) is 11.1. The van der Waals surface area contributed by atoms with E-state index >= 15 is 0 Å². The molecule has 172 valence electrons. The summed E-state index contributed by atoms with van der Waals surface area (Å²) in [4.78, 5) is 26.5. The van der Waals surface area contributed by atoms with E-state index in [2.05, 4.69) is 20.8 Å². The van der Waals surface area contributed by atoms with Crippen molar-refractivity contribution in [2.24, 2.45) is 0 Å². The SMILES string of the molecule is CS(=O)(=O)c1cccc(C(=O)Nc2ccc(NC(=O)c3cnn(-c4ccccc4)n3)cc2Cl)c1. The number of sulfone groups is 1. The van der Waals surface area contributed by atoms with Crippen molar-refractivity contribution in [3.8, 4) is 5.69 Å². The van der Waals surface area contributed by atoms with E-state index < -0.39 is 21.7 Å². The average molecular weight is 496 g/mol. The van der Waals surface area contributed by atoms with Crippen molar-refractivity contribution in [1.29, 1.82) is 0 Å². The predicted molar refractivity (Wildman–Crippen MR) is 128 cm³/mol. The molecule has 9 nitrogen and oxygen atoms in total. The van der Waals surface area contributed by atoms with Gasteiger partial charge < -0.3 is 10.6 Å². The Morgan fingerprint density at radius 3 is 2.38 bits per heavy atom. The molecule has 2 N–H and O–H groups in total. The third-order valence-corrected chi connectivity index (χ3v) is 6.13. The Morgan fingerprint density at radius 2 is 1.68 bits per heavy atom. The first-order valence-corrected chi connectivity index (χ1v) is 12.2. The fourth-order valence-electron chi connectivity index (χ4n) is 3.00. The molecule has 0 aliphatic rings. The van der Waals surface area contributed by atoms with E-state index in [1.165, 1.54) is 47.4 Å². The molecule has 0 saturated carbocycles. The number of hydrogen-bond acceptors (Lipinski definition) is 6. The van der Waals surface area contributed by atoms with Crippen molar-refractivity contribution in [2.75, 3.05) is 16.9 Å². The number of nitrogens with one attached hydrogen (secondary N) is 2. The summed E-state index contributed by atoms with van der Waals surface area (Å²) in [7, 11) is -3.45. The zero-order chi connectivity index (χ0) is 24.3. The van der Waals surface area contributed by atoms with Crippen LogP contribution < -0.4 is 10.6 Å². The molecule has 0 spiro atoms. The molecule has 0 saturated heterocycles. The second kappa shape index (κ2) is 9.46. The number of hydrogen-bond donors (Lipinski definition) is 2. The van der Waals surface area contributed by atoms with E-state index in [9.17, 15) is 18.0 Å². The van der Waals surface area contributed by atoms with Gasteiger partial charge in [0.2, 0.25) is 0 Å². The van der Waals surface area contributed by atoms with Gasteiger partial charge in [0.15, 0.2) is 15.5 Å². The standard InChI is InChI=1S/C23H18ClN5O4S/c1-34(32,33)18-9-5-6-15(12-18)22(30)27-20-11-10-16(13-19(20)24)26-23(31)21-14-25-29(28-21)17-7-3-2-4-8-17/h2-14H,1H3,(H,26,31)(H,27,30). The number of amides is 2. The summed E-state index contributed by atoms with van der Waals surface area (Å²) < 4.78 is 23.4. The van der Waals surface area contributed by atoms with Gasteiger partial charge in [-0.25, -0.2) is 8.42 Å². The summed E-state index contributed by atoms with van der Waals surface area (Å²) >= 11 is 6.28. The summed E-state index contributed by atoms with van der Waals surface area (Å²) in [6, 6.07) is 19.4. The van der Waals surface area contributed by atoms with Crippen LogP contribution in [0.1, 0.15) is 20.8 Å². The quantitative estimate of drug-likeness (QED) is 0.419. The van der Waals surface area contributed by atoms with Gasteiger partial charge in [-0.3, -0.25) is 9.59 Å². The molecule has 1 heterocycles. The van der Waals surface area contributed by atoms with E-state index in [1.54, 1.807) is 6.07 Å². The van der Waals surface area contributed by atoms with Crippen molar-refractivity contribution in [2.45, 2.75) is 4.90 Å². The van der Waals surface area contributed by atoms with Crippen molar-refractivity contribution < 1.29 is 18.0 Å². The molecule has 2 amide bonds. The van der Waals surface area contributed by atoms with Gasteiger partial charge in [0.25, 0.3) is 11.8 Å². The minimum absolute atomic E-state index is 0.0357. The molecule has 1 aromatic heterocycles. The highest BCUT2D eigenvalue weighted by Gasteiger charge is 2.15. The second-order valence-electron chi connectivity index (χ2n) is 7.26. The number of aromatic nitrogens is 3. The summed E-state index contributed by atoms with van der Waals surface area (Å²) in [5, 5.41) is 13.8. The van der Waals surface area contributed by atoms with Crippen LogP contribution in [0.4, 0.5) is 11.4 Å². The van der Waals surface area contributed by atoms with E-state index in [0.717, 1.165) is 6.26 Å². The van der Waals surface area contributed by atoms with Crippen LogP contribution in [0, 0.1) is 0 Å². The zero-order valence-electron chi connectivity index (χ0n) is 17.8. The van der Waals surface area contributed by atoms with Crippen molar-refractivity contribution in [3.63, 3.8) is 0 Å². The molecule has 11 heteroatoms. The Bertz CT molecular complexity index is 1490. The van der Waals surface area contributed by atoms with E-state index in [1.807, 2.05) is 30.3 Å². The molecule has 4 rings (SSSR count). The van der Waals surface area contributed by atoms with Crippen LogP contribution in [-0.4, -0.2) is 41.5 Å². The highest BCUT2D eigenvalue weighted by atomic mass is 35.5. The summed E-state index contributed by atoms with van der Waals surface area (Å²) in [5.41, 5.74) is 1.68. The summed E-state index contributed by atoms with van der Waals surface area (Å²) in [6.45, 7) is 0. The van der Waals surface area contributed by atoms with Crippen LogP contribution >= 0.6 is 11.6 Å². The van der Waals surface area contributed by atoms with Gasteiger partial charge in [0.05, 0.1) is 27.5 Å². The number of rotatable bonds is 6. The first-order chi connectivity index (χ1) is 16.2. The molecular weight excluding hydrogens is 478 g/mol. The number of carbonyl (C=O) groups excluding carboxylic acids is 2. The molecule has 0 atom stereocenters. The fourth-order valence-corrected chi connectivity index (χ4v) is 3.90. The molecule has 0 aliphatic carbocycles. The monoisotopic (exact) mass is 495 g/mol. The zero-order valence-corrected chi connectivity index (χ0v) is 19.3. The third-order valence-electron chi connectivity index (χ3n) is 4.71. The fraction of sp³-hybridized carbons (Fsp3) is 0.0435. The molecule has 0 bridgehead atoms. The predicted octanol–water partition coefficient (Wildman–Crippen LogP) is 3.83. The molecule has 0 fully saturated rings. The van der Waals surface area contributed by atoms with Gasteiger partial charge in [-0.15, -0.1) is 5.10 Å². The smallest absolute Gasteiger partial charge is 0.277 e. The lowest BCUT2D eigenvalue weighted by molar-refractivity contribution is 0.101. The van der Waals surface area contributed by atoms with Gasteiger partial charge in [0.1, 0.15) is 0 Å². The lowest BCUT2D eigenvalue weighted by Crippen LogP contribution is -2.14. The number of carbonyl (C=O) groups is 2. The Morgan fingerprint density at radius 1 is 0.912 bits per heavy atom. The van der Waals surface area contributed by atoms with Crippen molar-refractivity contribution >= 4 is 44.6 Å². The van der Waals surface area contributed by atoms with E-state index in [0.29, 0.717) is 17.1 Å². The van der Waals surface area contributed by atoms with Crippen LogP contribution in [0.2, 0.25) is 5.02 Å². The Hall–Kier alpha value is -4.02. The van der Waals surface area contributed by atoms with Gasteiger partial charge in [0, 0.05) is 17.5 Å². The Balaban J connectivity index is 1.45. The topological polar surface area (TPSA) is 123 Å². The Kier molecular flexibility index (Phi) is 6.44. The number of halogens is 1. The minimum atomic E-state index is -3.45. The van der Waals surface area contributed by atoms with Crippen LogP contribution in [0.25, 0.3) is 5.69 Å². The lowest BCUT2D eigenvalue weighted by atomic mass is 10.2. The lowest BCUT2D eigenvalue weighted by Gasteiger charge is -2.10. The molecule has 0 aliphatic heterocycles. The molecule has 34 heavy (non-hydrogen) atoms. The molecule has 3 aromatic carbocycles. The second-order valence-corrected chi connectivity index (χ2v) is 9.68. The minimum Gasteiger partial charge on any atom is -0.321 e. The molecule has 0 radical (unpaired) electrons. The number of benzene rings is 3. The summed E-state index contributed by atoms with van der Waals surface area (Å²) in [5.74, 6) is -1.01. The van der Waals surface area contributed by atoms with E-state index in [4.69, 9.17) is 11.6 Å². The molecular formula is C23H18ClN5O4S. The molecule has 0 unspecified atom stereocenters. The maximum Gasteiger partial charge on any atom is 0.277 e. The van der Waals surface area contributed by atoms with Gasteiger partial charge in [-0.2, -0.15) is 9.90 Å². The maximum absolute atomic E-state index is 12.6. The van der Waals surface area contributed by atoms with Crippen molar-refractivity contribution in [1.82, 2.24) is 15.0 Å². The Labute approximate surface area is 200 Å². The average Bonchev–Trinajstić information content (AvgIpc) is 3.31. The van der Waals surface area contributed by atoms with Crippen LogP contribution in [0.3, 0.4) is 0 Å². The van der Waals surface area contributed by atoms with Crippen LogP contribution in [-0.2, 0) is 9.84 Å². The van der Waals surface area contributed by atoms with E-state index in [-0.39, 0.29) is 21.2 Å². The highest BCUT2D eigenvalue weighted by Crippen LogP contribution is 2.26. The van der Waals surface area contributed by atoms with Crippen LogP contribution in [0.15, 0.2) is 83.9 Å². The number of anilines is 2. The largest absolute Gasteiger partial charge is 0.321 e. The highest BCUT2D eigenvalue weighted by molar-refractivity contribution is 7.90. The van der Waals surface area contributed by atoms with Gasteiger partial charge >= 0.3 is 0 Å². The number of para-hydroxylation sites is 1. The van der Waals surface area contributed by atoms with Crippen LogP contribution in [0.5, 0.6) is 0 Å². The number of nitrogens with zero attached hydrogens (tertiary/aromatic N) is 3. The summed E-state index contributed by atoms with van der Waals surface area (Å²) in [6.07, 6.45) is 2.42. The third kappa shape index (κ3) is 5.30. The maximum atomic E-state index is 12.6.